The molecule has 4 heteroatoms. The molecule has 2 N–H and O–H groups in total. The van der Waals surface area contributed by atoms with Gasteiger partial charge in [0.25, 0.3) is 5.91 Å². The van der Waals surface area contributed by atoms with Gasteiger partial charge in [-0.05, 0) is 25.0 Å². The van der Waals surface area contributed by atoms with Crippen LogP contribution in [0.2, 0.25) is 0 Å². The van der Waals surface area contributed by atoms with Crippen LogP contribution in [0.5, 0.6) is 0 Å². The van der Waals surface area contributed by atoms with Crippen LogP contribution in [0.15, 0.2) is 18.2 Å². The first kappa shape index (κ1) is 14.6. The van der Waals surface area contributed by atoms with E-state index in [0.29, 0.717) is 11.5 Å². The first-order chi connectivity index (χ1) is 8.34. The normalized spacial score (nSPS) is 12.0. The van der Waals surface area contributed by atoms with Gasteiger partial charge in [-0.1, -0.05) is 37.3 Å². The van der Waals surface area contributed by atoms with Crippen molar-refractivity contribution < 1.29 is 4.79 Å². The fourth-order valence-corrected chi connectivity index (χ4v) is 2.00. The Morgan fingerprint density at radius 1 is 1.39 bits per heavy atom. The molecule has 0 aliphatic carbocycles. The Kier molecular flexibility index (Phi) is 4.84. The van der Waals surface area contributed by atoms with Crippen molar-refractivity contribution in [2.24, 2.45) is 11.7 Å². The van der Waals surface area contributed by atoms with Crippen LogP contribution in [0.3, 0.4) is 0 Å². The molecule has 1 atom stereocenters. The number of rotatable bonds is 4. The van der Waals surface area contributed by atoms with Gasteiger partial charge in [0.15, 0.2) is 0 Å². The van der Waals surface area contributed by atoms with Crippen molar-refractivity contribution in [3.8, 4) is 0 Å². The zero-order chi connectivity index (χ0) is 13.9. The predicted octanol–water partition coefficient (Wildman–Crippen LogP) is 2.30. The van der Waals surface area contributed by atoms with Crippen molar-refractivity contribution in [3.05, 3.63) is 34.9 Å². The Bertz CT molecular complexity index is 451. The second kappa shape index (κ2) is 5.96. The molecule has 1 aromatic carbocycles. The van der Waals surface area contributed by atoms with Gasteiger partial charge in [0.1, 0.15) is 0 Å². The van der Waals surface area contributed by atoms with Crippen molar-refractivity contribution in [1.29, 1.82) is 0 Å². The lowest BCUT2D eigenvalue weighted by molar-refractivity contribution is 0.0785. The van der Waals surface area contributed by atoms with Gasteiger partial charge in [-0.3, -0.25) is 4.79 Å². The first-order valence-corrected chi connectivity index (χ1v) is 6.36. The molecule has 1 amide bonds. The summed E-state index contributed by atoms with van der Waals surface area (Å²) in [5.74, 6) is 0.0481. The fourth-order valence-electron chi connectivity index (χ4n) is 1.93. The molecule has 0 aliphatic heterocycles. The number of amides is 1. The summed E-state index contributed by atoms with van der Waals surface area (Å²) in [6, 6.07) is 5.86. The number of thiocarbonyl (C=S) groups is 1. The van der Waals surface area contributed by atoms with E-state index in [4.69, 9.17) is 18.0 Å². The largest absolute Gasteiger partial charge is 0.393 e. The molecule has 0 radical (unpaired) electrons. The second-order valence-corrected chi connectivity index (χ2v) is 5.23. The molecule has 1 rings (SSSR count). The van der Waals surface area contributed by atoms with Gasteiger partial charge in [-0.25, -0.2) is 0 Å². The van der Waals surface area contributed by atoms with Gasteiger partial charge in [-0.2, -0.15) is 0 Å². The number of nitrogens with two attached hydrogens (primary N) is 1. The molecule has 0 saturated carbocycles. The van der Waals surface area contributed by atoms with Crippen molar-refractivity contribution in [2.75, 3.05) is 13.6 Å². The number of aryl methyl sites for hydroxylation is 2. The lowest BCUT2D eigenvalue weighted by atomic mass is 10.0. The summed E-state index contributed by atoms with van der Waals surface area (Å²) in [4.78, 5) is 14.5. The Hall–Kier alpha value is -1.42. The summed E-state index contributed by atoms with van der Waals surface area (Å²) >= 11 is 4.93. The second-order valence-electron chi connectivity index (χ2n) is 4.76. The Balaban J connectivity index is 2.90. The Morgan fingerprint density at radius 2 is 1.89 bits per heavy atom. The fraction of sp³-hybridized carbons (Fsp3) is 0.429. The number of benzene rings is 1. The van der Waals surface area contributed by atoms with Crippen LogP contribution < -0.4 is 5.73 Å². The average Bonchev–Trinajstić information content (AvgIpc) is 2.28. The van der Waals surface area contributed by atoms with Crippen LogP contribution in [0, 0.1) is 19.8 Å². The van der Waals surface area contributed by atoms with E-state index in [-0.39, 0.29) is 11.8 Å². The molecule has 0 saturated heterocycles. The summed E-state index contributed by atoms with van der Waals surface area (Å²) in [7, 11) is 1.78. The van der Waals surface area contributed by atoms with E-state index in [0.717, 1.165) is 16.7 Å². The number of nitrogens with zero attached hydrogens (tertiary/aromatic N) is 1. The molecule has 18 heavy (non-hydrogen) atoms. The van der Waals surface area contributed by atoms with Gasteiger partial charge in [-0.15, -0.1) is 0 Å². The summed E-state index contributed by atoms with van der Waals surface area (Å²) in [6.07, 6.45) is 0. The highest BCUT2D eigenvalue weighted by atomic mass is 32.1. The lowest BCUT2D eigenvalue weighted by Crippen LogP contribution is -2.36. The maximum Gasteiger partial charge on any atom is 0.254 e. The van der Waals surface area contributed by atoms with Gasteiger partial charge in [0.2, 0.25) is 0 Å². The number of carbonyl (C=O) groups is 1. The number of hydrogen-bond acceptors (Lipinski definition) is 2. The zero-order valence-corrected chi connectivity index (χ0v) is 12.2. The number of carbonyl (C=O) groups excluding carboxylic acids is 1. The summed E-state index contributed by atoms with van der Waals surface area (Å²) in [5, 5.41) is 0. The van der Waals surface area contributed by atoms with E-state index in [9.17, 15) is 4.79 Å². The minimum atomic E-state index is 0.0219. The highest BCUT2D eigenvalue weighted by Crippen LogP contribution is 2.16. The SMILES string of the molecule is Cc1cccc(C)c1C(=O)N(C)CC(C)C(N)=S. The summed E-state index contributed by atoms with van der Waals surface area (Å²) in [6.45, 7) is 6.37. The van der Waals surface area contributed by atoms with Crippen molar-refractivity contribution >= 4 is 23.1 Å². The molecule has 1 unspecified atom stereocenters. The van der Waals surface area contributed by atoms with E-state index >= 15 is 0 Å². The maximum atomic E-state index is 12.4. The van der Waals surface area contributed by atoms with Crippen molar-refractivity contribution in [1.82, 2.24) is 4.90 Å². The quantitative estimate of drug-likeness (QED) is 0.849. The maximum absolute atomic E-state index is 12.4. The van der Waals surface area contributed by atoms with E-state index in [1.54, 1.807) is 11.9 Å². The van der Waals surface area contributed by atoms with Crippen molar-refractivity contribution in [3.63, 3.8) is 0 Å². The summed E-state index contributed by atoms with van der Waals surface area (Å²) < 4.78 is 0. The minimum Gasteiger partial charge on any atom is -0.393 e. The van der Waals surface area contributed by atoms with Crippen molar-refractivity contribution in [2.45, 2.75) is 20.8 Å². The third kappa shape index (κ3) is 3.29. The minimum absolute atomic E-state index is 0.0219. The van der Waals surface area contributed by atoms with Crippen LogP contribution in [0.25, 0.3) is 0 Å². The Morgan fingerprint density at radius 3 is 2.33 bits per heavy atom. The highest BCUT2D eigenvalue weighted by Gasteiger charge is 2.18. The monoisotopic (exact) mass is 264 g/mol. The molecule has 0 aromatic heterocycles. The van der Waals surface area contributed by atoms with Crippen LogP contribution >= 0.6 is 12.2 Å². The smallest absolute Gasteiger partial charge is 0.254 e. The first-order valence-electron chi connectivity index (χ1n) is 5.95. The van der Waals surface area contributed by atoms with E-state index < -0.39 is 0 Å². The van der Waals surface area contributed by atoms with Gasteiger partial charge >= 0.3 is 0 Å². The third-order valence-corrected chi connectivity index (χ3v) is 3.48. The van der Waals surface area contributed by atoms with Crippen LogP contribution in [-0.2, 0) is 0 Å². The molecule has 0 aliphatic rings. The third-order valence-electron chi connectivity index (χ3n) is 3.08. The molecule has 0 spiro atoms. The Labute approximate surface area is 114 Å². The molecular formula is C14H20N2OS. The number of hydrogen-bond donors (Lipinski definition) is 1. The highest BCUT2D eigenvalue weighted by molar-refractivity contribution is 7.80. The summed E-state index contributed by atoms with van der Waals surface area (Å²) in [5.41, 5.74) is 8.34. The molecular weight excluding hydrogens is 244 g/mol. The zero-order valence-electron chi connectivity index (χ0n) is 11.4. The van der Waals surface area contributed by atoms with Gasteiger partial charge < -0.3 is 10.6 Å². The molecule has 1 aromatic rings. The van der Waals surface area contributed by atoms with Gasteiger partial charge in [0.05, 0.1) is 4.99 Å². The molecule has 0 fully saturated rings. The predicted molar refractivity (Wildman–Crippen MR) is 78.8 cm³/mol. The topological polar surface area (TPSA) is 46.3 Å². The molecule has 3 nitrogen and oxygen atoms in total. The molecule has 0 bridgehead atoms. The molecule has 0 heterocycles. The lowest BCUT2D eigenvalue weighted by Gasteiger charge is -2.22. The van der Waals surface area contributed by atoms with E-state index in [2.05, 4.69) is 0 Å². The van der Waals surface area contributed by atoms with Crippen LogP contribution in [0.1, 0.15) is 28.4 Å². The molecule has 98 valence electrons. The van der Waals surface area contributed by atoms with Crippen LogP contribution in [0.4, 0.5) is 0 Å². The van der Waals surface area contributed by atoms with Gasteiger partial charge in [0, 0.05) is 25.1 Å². The van der Waals surface area contributed by atoms with E-state index in [1.807, 2.05) is 39.0 Å². The standard InChI is InChI=1S/C14H20N2OS/c1-9-6-5-7-10(2)12(9)14(17)16(4)8-11(3)13(15)18/h5-7,11H,8H2,1-4H3,(H2,15,18). The average molecular weight is 264 g/mol. The van der Waals surface area contributed by atoms with Crippen LogP contribution in [-0.4, -0.2) is 29.4 Å². The van der Waals surface area contributed by atoms with E-state index in [1.165, 1.54) is 0 Å².